The van der Waals surface area contributed by atoms with Crippen LogP contribution in [0, 0.1) is 5.41 Å². The van der Waals surface area contributed by atoms with Crippen molar-refractivity contribution in [1.82, 2.24) is 10.6 Å². The van der Waals surface area contributed by atoms with Gasteiger partial charge in [-0.2, -0.15) is 0 Å². The maximum Gasteiger partial charge on any atom is 0.326 e. The second kappa shape index (κ2) is 10.1. The number of guanidine groups is 1. The highest BCUT2D eigenvalue weighted by Gasteiger charge is 2.23. The van der Waals surface area contributed by atoms with Gasteiger partial charge in [-0.15, -0.1) is 0 Å². The highest BCUT2D eigenvalue weighted by molar-refractivity contribution is 5.86. The summed E-state index contributed by atoms with van der Waals surface area (Å²) in [5.41, 5.74) is 11.6. The molecule has 0 saturated carbocycles. The van der Waals surface area contributed by atoms with E-state index < -0.39 is 24.0 Å². The quantitative estimate of drug-likeness (QED) is 0.169. The molecule has 0 aromatic heterocycles. The van der Waals surface area contributed by atoms with Gasteiger partial charge in [0.05, 0.1) is 6.04 Å². The third-order valence-electron chi connectivity index (χ3n) is 3.58. The first-order valence-corrected chi connectivity index (χ1v) is 7.94. The first-order chi connectivity index (χ1) is 11.8. The fourth-order valence-electron chi connectivity index (χ4n) is 2.19. The number of benzene rings is 1. The molecule has 0 aliphatic rings. The van der Waals surface area contributed by atoms with E-state index in [1.54, 1.807) is 12.1 Å². The number of aromatic hydroxyl groups is 1. The molecular weight excluding hydrogens is 326 g/mol. The molecule has 0 aliphatic heterocycles. The molecule has 0 aliphatic carbocycles. The van der Waals surface area contributed by atoms with Crippen molar-refractivity contribution in [2.45, 2.75) is 37.8 Å². The second-order valence-corrected chi connectivity index (χ2v) is 5.71. The molecule has 9 heteroatoms. The lowest BCUT2D eigenvalue weighted by Crippen LogP contribution is -2.49. The number of hydrogen-bond donors (Lipinski definition) is 7. The molecule has 25 heavy (non-hydrogen) atoms. The van der Waals surface area contributed by atoms with E-state index in [9.17, 15) is 19.8 Å². The minimum absolute atomic E-state index is 0.0842. The first-order valence-electron chi connectivity index (χ1n) is 7.94. The summed E-state index contributed by atoms with van der Waals surface area (Å²) >= 11 is 0. The van der Waals surface area contributed by atoms with E-state index in [1.807, 2.05) is 0 Å². The van der Waals surface area contributed by atoms with E-state index in [0.717, 1.165) is 0 Å². The highest BCUT2D eigenvalue weighted by Crippen LogP contribution is 2.11. The standard InChI is InChI=1S/C16H25N5O4/c17-12(3-1-2-8-20-16(18)19)14(23)21-13(15(24)25)9-10-4-6-11(22)7-5-10/h4-7,12-13,22H,1-3,8-9,17H2,(H,21,23)(H,24,25)(H4,18,19,20)/t12-,13-/m0/s1. The number of phenols is 1. The number of rotatable bonds is 10. The average Bonchev–Trinajstić information content (AvgIpc) is 2.55. The smallest absolute Gasteiger partial charge is 0.326 e. The number of carbonyl (C=O) groups is 2. The molecule has 0 heterocycles. The van der Waals surface area contributed by atoms with Crippen LogP contribution in [0.15, 0.2) is 24.3 Å². The number of phenolic OH excluding ortho intramolecular Hbond substituents is 1. The van der Waals surface area contributed by atoms with Crippen molar-refractivity contribution in [2.75, 3.05) is 6.54 Å². The molecule has 0 spiro atoms. The van der Waals surface area contributed by atoms with Gasteiger partial charge in [0.15, 0.2) is 5.96 Å². The van der Waals surface area contributed by atoms with Gasteiger partial charge >= 0.3 is 5.97 Å². The molecule has 0 saturated heterocycles. The predicted octanol–water partition coefficient (Wildman–Crippen LogP) is -0.515. The van der Waals surface area contributed by atoms with E-state index in [-0.39, 0.29) is 18.1 Å². The number of carboxylic acids is 1. The van der Waals surface area contributed by atoms with Gasteiger partial charge in [-0.25, -0.2) is 4.79 Å². The predicted molar refractivity (Wildman–Crippen MR) is 93.1 cm³/mol. The molecule has 0 fully saturated rings. The van der Waals surface area contributed by atoms with Gasteiger partial charge < -0.3 is 32.3 Å². The maximum atomic E-state index is 12.1. The summed E-state index contributed by atoms with van der Waals surface area (Å²) in [5, 5.41) is 30.6. The molecule has 9 nitrogen and oxygen atoms in total. The van der Waals surface area contributed by atoms with Gasteiger partial charge in [-0.3, -0.25) is 10.2 Å². The number of nitrogens with two attached hydrogens (primary N) is 2. The van der Waals surface area contributed by atoms with Crippen molar-refractivity contribution < 1.29 is 19.8 Å². The molecule has 1 aromatic carbocycles. The summed E-state index contributed by atoms with van der Waals surface area (Å²) in [6.07, 6.45) is 1.83. The van der Waals surface area contributed by atoms with Crippen molar-refractivity contribution in [1.29, 1.82) is 5.41 Å². The fraction of sp³-hybridized carbons (Fsp3) is 0.438. The van der Waals surface area contributed by atoms with E-state index >= 15 is 0 Å². The molecule has 1 rings (SSSR count). The number of amides is 1. The minimum atomic E-state index is -1.15. The van der Waals surface area contributed by atoms with Gasteiger partial charge in [-0.05, 0) is 37.0 Å². The summed E-state index contributed by atoms with van der Waals surface area (Å²) in [4.78, 5) is 23.4. The number of carboxylic acid groups (broad SMARTS) is 1. The molecule has 2 atom stereocenters. The van der Waals surface area contributed by atoms with E-state index in [4.69, 9.17) is 16.9 Å². The van der Waals surface area contributed by atoms with Crippen LogP contribution in [0.3, 0.4) is 0 Å². The molecule has 1 amide bonds. The monoisotopic (exact) mass is 351 g/mol. The number of hydrogen-bond acceptors (Lipinski definition) is 5. The Hall–Kier alpha value is -2.81. The maximum absolute atomic E-state index is 12.1. The zero-order chi connectivity index (χ0) is 18.8. The molecule has 0 unspecified atom stereocenters. The van der Waals surface area contributed by atoms with Crippen LogP contribution in [0.25, 0.3) is 0 Å². The van der Waals surface area contributed by atoms with Gasteiger partial charge in [-0.1, -0.05) is 12.1 Å². The van der Waals surface area contributed by atoms with Crippen LogP contribution in [0.5, 0.6) is 5.75 Å². The highest BCUT2D eigenvalue weighted by atomic mass is 16.4. The lowest BCUT2D eigenvalue weighted by Gasteiger charge is -2.18. The molecule has 138 valence electrons. The summed E-state index contributed by atoms with van der Waals surface area (Å²) in [5.74, 6) is -1.70. The minimum Gasteiger partial charge on any atom is -0.508 e. The third-order valence-corrected chi connectivity index (χ3v) is 3.58. The van der Waals surface area contributed by atoms with Crippen LogP contribution in [0.1, 0.15) is 24.8 Å². The van der Waals surface area contributed by atoms with Crippen LogP contribution in [-0.4, -0.2) is 46.7 Å². The van der Waals surface area contributed by atoms with Crippen LogP contribution in [-0.2, 0) is 16.0 Å². The van der Waals surface area contributed by atoms with Crippen LogP contribution in [0.4, 0.5) is 0 Å². The zero-order valence-electron chi connectivity index (χ0n) is 13.9. The fourth-order valence-corrected chi connectivity index (χ4v) is 2.19. The lowest BCUT2D eigenvalue weighted by atomic mass is 10.0. The molecule has 1 aromatic rings. The van der Waals surface area contributed by atoms with Gasteiger partial charge in [0.1, 0.15) is 11.8 Å². The topological polar surface area (TPSA) is 175 Å². The zero-order valence-corrected chi connectivity index (χ0v) is 13.9. The second-order valence-electron chi connectivity index (χ2n) is 5.71. The molecule has 9 N–H and O–H groups in total. The number of unbranched alkanes of at least 4 members (excludes halogenated alkanes) is 1. The van der Waals surface area contributed by atoms with Gasteiger partial charge in [0.2, 0.25) is 5.91 Å². The Kier molecular flexibility index (Phi) is 8.21. The SMILES string of the molecule is N=C(N)NCCCC[C@H](N)C(=O)N[C@@H](Cc1ccc(O)cc1)C(=O)O. The van der Waals surface area contributed by atoms with Gasteiger partial charge in [0, 0.05) is 13.0 Å². The lowest BCUT2D eigenvalue weighted by molar-refractivity contribution is -0.142. The van der Waals surface area contributed by atoms with Crippen molar-refractivity contribution >= 4 is 17.8 Å². The van der Waals surface area contributed by atoms with Crippen molar-refractivity contribution in [3.8, 4) is 5.75 Å². The Bertz CT molecular complexity index is 591. The number of aliphatic carboxylic acids is 1. The normalized spacial score (nSPS) is 12.8. The van der Waals surface area contributed by atoms with E-state index in [0.29, 0.717) is 31.4 Å². The Morgan fingerprint density at radius 2 is 1.84 bits per heavy atom. The Balaban J connectivity index is 2.45. The summed E-state index contributed by atoms with van der Waals surface area (Å²) in [7, 11) is 0. The van der Waals surface area contributed by atoms with Crippen LogP contribution >= 0.6 is 0 Å². The largest absolute Gasteiger partial charge is 0.508 e. The third kappa shape index (κ3) is 8.02. The van der Waals surface area contributed by atoms with Crippen LogP contribution < -0.4 is 22.1 Å². The van der Waals surface area contributed by atoms with Crippen molar-refractivity contribution in [3.05, 3.63) is 29.8 Å². The number of carbonyl (C=O) groups excluding carboxylic acids is 1. The summed E-state index contributed by atoms with van der Waals surface area (Å²) in [6, 6.07) is 4.20. The molecule has 0 radical (unpaired) electrons. The molecular formula is C16H25N5O4. The summed E-state index contributed by atoms with van der Waals surface area (Å²) in [6.45, 7) is 0.516. The van der Waals surface area contributed by atoms with Crippen molar-refractivity contribution in [2.24, 2.45) is 11.5 Å². The van der Waals surface area contributed by atoms with E-state index in [1.165, 1.54) is 12.1 Å². The Morgan fingerprint density at radius 1 is 1.20 bits per heavy atom. The average molecular weight is 351 g/mol. The van der Waals surface area contributed by atoms with E-state index in [2.05, 4.69) is 10.6 Å². The Labute approximate surface area is 145 Å². The molecule has 0 bridgehead atoms. The Morgan fingerprint density at radius 3 is 2.40 bits per heavy atom. The van der Waals surface area contributed by atoms with Crippen molar-refractivity contribution in [3.63, 3.8) is 0 Å². The van der Waals surface area contributed by atoms with Crippen LogP contribution in [0.2, 0.25) is 0 Å². The first kappa shape index (κ1) is 20.2. The number of nitrogens with one attached hydrogen (secondary N) is 3. The van der Waals surface area contributed by atoms with Gasteiger partial charge in [0.25, 0.3) is 0 Å². The summed E-state index contributed by atoms with van der Waals surface area (Å²) < 4.78 is 0.